The second-order valence-electron chi connectivity index (χ2n) is 3.99. The number of hydrogen-bond donors (Lipinski definition) is 0. The molecule has 1 nitrogen and oxygen atoms in total. The molecule has 0 aliphatic rings. The van der Waals surface area contributed by atoms with Crippen molar-refractivity contribution in [2.24, 2.45) is 0 Å². The van der Waals surface area contributed by atoms with Crippen LogP contribution in [-0.2, 0) is 0 Å². The van der Waals surface area contributed by atoms with E-state index in [1.54, 1.807) is 20.7 Å². The summed E-state index contributed by atoms with van der Waals surface area (Å²) in [6, 6.07) is 5.70. The Labute approximate surface area is 79.3 Å². The van der Waals surface area contributed by atoms with Crippen LogP contribution >= 0.6 is 0 Å². The molecule has 1 radical (unpaired) electrons. The Morgan fingerprint density at radius 3 is 2.38 bits per heavy atom. The van der Waals surface area contributed by atoms with Crippen LogP contribution in [0.4, 0.5) is 10.0 Å². The van der Waals surface area contributed by atoms with Crippen molar-refractivity contribution in [1.82, 2.24) is 5.32 Å². The van der Waals surface area contributed by atoms with E-state index in [9.17, 15) is 4.32 Å². The topological polar surface area (TPSA) is 14.1 Å². The van der Waals surface area contributed by atoms with Crippen LogP contribution in [0, 0.1) is 6.92 Å². The Morgan fingerprint density at radius 2 is 1.92 bits per heavy atom. The van der Waals surface area contributed by atoms with Crippen LogP contribution in [0.3, 0.4) is 0 Å². The molecule has 0 fully saturated rings. The average Bonchev–Trinajstić information content (AvgIpc) is 2.03. The van der Waals surface area contributed by atoms with Crippen molar-refractivity contribution in [3.05, 3.63) is 23.8 Å². The molecule has 0 saturated carbocycles. The molecular weight excluding hydrogens is 164 g/mol. The molecule has 0 saturated heterocycles. The van der Waals surface area contributed by atoms with Crippen molar-refractivity contribution in [3.8, 4) is 0 Å². The van der Waals surface area contributed by atoms with Crippen LogP contribution in [0.15, 0.2) is 18.2 Å². The van der Waals surface area contributed by atoms with E-state index in [0.29, 0.717) is 0 Å². The zero-order valence-corrected chi connectivity index (χ0v) is 8.63. The summed E-state index contributed by atoms with van der Waals surface area (Å²) in [6.45, 7) is 5.19. The number of nitrogens with zero attached hydrogens (tertiary/aromatic N) is 1. The third kappa shape index (κ3) is 2.23. The van der Waals surface area contributed by atoms with E-state index >= 15 is 0 Å². The normalized spacial score (nSPS) is 11.5. The van der Waals surface area contributed by atoms with Crippen molar-refractivity contribution in [1.29, 1.82) is 0 Å². The summed E-state index contributed by atoms with van der Waals surface area (Å²) in [7, 11) is 1.69. The van der Waals surface area contributed by atoms with E-state index in [1.165, 1.54) is 0 Å². The molecule has 3 heteroatoms. The maximum atomic E-state index is 13.8. The molecule has 1 rings (SSSR count). The molecule has 0 N–H and O–H groups in total. The van der Waals surface area contributed by atoms with Gasteiger partial charge in [0.05, 0.1) is 0 Å². The van der Waals surface area contributed by atoms with Gasteiger partial charge >= 0.3 is 0 Å². The molecule has 0 heterocycles. The van der Waals surface area contributed by atoms with Gasteiger partial charge in [0, 0.05) is 12.7 Å². The van der Waals surface area contributed by atoms with Crippen molar-refractivity contribution in [3.63, 3.8) is 0 Å². The fourth-order valence-electron chi connectivity index (χ4n) is 1.43. The molecule has 71 valence electrons. The van der Waals surface area contributed by atoms with Gasteiger partial charge in [-0.15, -0.1) is 0 Å². The molecule has 0 atom stereocenters. The number of rotatable bonds is 2. The van der Waals surface area contributed by atoms with Gasteiger partial charge in [0.25, 0.3) is 0 Å². The minimum absolute atomic E-state index is 0.725. The molecule has 0 amide bonds. The number of hydrogen-bond acceptors (Lipinski definition) is 0. The lowest BCUT2D eigenvalue weighted by molar-refractivity contribution is 0.820. The lowest BCUT2D eigenvalue weighted by Gasteiger charge is -2.25. The summed E-state index contributed by atoms with van der Waals surface area (Å²) < 4.78 is 13.8. The first-order chi connectivity index (χ1) is 5.95. The highest BCUT2D eigenvalue weighted by molar-refractivity contribution is 6.84. The highest BCUT2D eigenvalue weighted by atomic mass is 19.1. The Hall–Kier alpha value is -0.985. The van der Waals surface area contributed by atoms with Gasteiger partial charge < -0.3 is 4.32 Å². The average molecular weight is 179 g/mol. The molecule has 13 heavy (non-hydrogen) atoms. The van der Waals surface area contributed by atoms with Gasteiger partial charge in [0.1, 0.15) is 0 Å². The lowest BCUT2D eigenvalue weighted by atomic mass is 9.42. The van der Waals surface area contributed by atoms with Gasteiger partial charge in [-0.1, -0.05) is 17.7 Å². The quantitative estimate of drug-likeness (QED) is 0.618. The van der Waals surface area contributed by atoms with E-state index < -0.39 is 6.42 Å². The molecular formula is C10H15BFN-. The highest BCUT2D eigenvalue weighted by Gasteiger charge is 2.16. The van der Waals surface area contributed by atoms with Gasteiger partial charge in [-0.2, -0.15) is 19.1 Å². The van der Waals surface area contributed by atoms with Crippen molar-refractivity contribution >= 4 is 17.6 Å². The first-order valence-electron chi connectivity index (χ1n) is 4.57. The van der Waals surface area contributed by atoms with Gasteiger partial charge in [-0.25, -0.2) is 0 Å². The minimum Gasteiger partial charge on any atom is -0.511 e. The van der Waals surface area contributed by atoms with E-state index in [0.717, 1.165) is 16.7 Å². The van der Waals surface area contributed by atoms with Crippen molar-refractivity contribution in [2.75, 3.05) is 7.05 Å². The maximum Gasteiger partial charge on any atom is 0.179 e. The Balaban J connectivity index is 3.24. The Bertz CT molecular complexity index is 304. The third-order valence-electron chi connectivity index (χ3n) is 2.16. The standard InChI is InChI=1S/C10H15BFN/c1-8-5-6-10(13-4)9(7-8)11(2,3)12/h5-7H,1-4H3/q-1. The summed E-state index contributed by atoms with van der Waals surface area (Å²) in [6.07, 6.45) is -1.95. The van der Waals surface area contributed by atoms with E-state index in [1.807, 2.05) is 25.1 Å². The monoisotopic (exact) mass is 179 g/mol. The molecule has 1 aromatic rings. The highest BCUT2D eigenvalue weighted by Crippen LogP contribution is 2.14. The first-order valence-corrected chi connectivity index (χ1v) is 4.57. The van der Waals surface area contributed by atoms with Crippen LogP contribution in [0.5, 0.6) is 0 Å². The third-order valence-corrected chi connectivity index (χ3v) is 2.16. The van der Waals surface area contributed by atoms with Gasteiger partial charge in [0.15, 0.2) is 6.42 Å². The molecule has 0 aliphatic carbocycles. The second-order valence-corrected chi connectivity index (χ2v) is 3.99. The van der Waals surface area contributed by atoms with Crippen LogP contribution < -0.4 is 10.8 Å². The Kier molecular flexibility index (Phi) is 2.64. The van der Waals surface area contributed by atoms with Crippen LogP contribution in [-0.4, -0.2) is 13.5 Å². The minimum atomic E-state index is -1.95. The van der Waals surface area contributed by atoms with Crippen LogP contribution in [0.25, 0.3) is 0 Å². The zero-order chi connectivity index (χ0) is 10.1. The lowest BCUT2D eigenvalue weighted by Crippen LogP contribution is -2.38. The zero-order valence-electron chi connectivity index (χ0n) is 8.63. The van der Waals surface area contributed by atoms with E-state index in [2.05, 4.69) is 5.32 Å². The van der Waals surface area contributed by atoms with E-state index in [4.69, 9.17) is 0 Å². The summed E-state index contributed by atoms with van der Waals surface area (Å²) in [4.78, 5) is 0. The summed E-state index contributed by atoms with van der Waals surface area (Å²) in [5.74, 6) is 0. The van der Waals surface area contributed by atoms with Crippen LogP contribution in [0.1, 0.15) is 5.56 Å². The molecule has 0 aliphatic heterocycles. The fourth-order valence-corrected chi connectivity index (χ4v) is 1.43. The van der Waals surface area contributed by atoms with Crippen molar-refractivity contribution in [2.45, 2.75) is 20.6 Å². The van der Waals surface area contributed by atoms with Gasteiger partial charge in [-0.3, -0.25) is 5.32 Å². The van der Waals surface area contributed by atoms with Gasteiger partial charge in [-0.05, 0) is 13.0 Å². The number of aryl methyl sites for hydroxylation is 1. The predicted octanol–water partition coefficient (Wildman–Crippen LogP) is 2.24. The SMILES string of the molecule is C[N]c1ccc(C)cc1[B-](C)(C)F. The molecule has 0 aromatic heterocycles. The number of halogens is 1. The maximum absolute atomic E-state index is 13.8. The second kappa shape index (κ2) is 3.40. The van der Waals surface area contributed by atoms with Gasteiger partial charge in [0.2, 0.25) is 0 Å². The smallest absolute Gasteiger partial charge is 0.179 e. The molecule has 0 bridgehead atoms. The Morgan fingerprint density at radius 1 is 1.31 bits per heavy atom. The first kappa shape index (κ1) is 10.1. The van der Waals surface area contributed by atoms with Crippen molar-refractivity contribution < 1.29 is 4.32 Å². The fraction of sp³-hybridized carbons (Fsp3) is 0.400. The molecule has 0 spiro atoms. The largest absolute Gasteiger partial charge is 0.511 e. The molecule has 0 unspecified atom stereocenters. The van der Waals surface area contributed by atoms with E-state index in [-0.39, 0.29) is 0 Å². The number of benzene rings is 1. The summed E-state index contributed by atoms with van der Waals surface area (Å²) in [5, 5.41) is 4.05. The summed E-state index contributed by atoms with van der Waals surface area (Å²) >= 11 is 0. The van der Waals surface area contributed by atoms with Crippen LogP contribution in [0.2, 0.25) is 13.6 Å². The molecule has 1 aromatic carbocycles. The summed E-state index contributed by atoms with van der Waals surface area (Å²) in [5.41, 5.74) is 2.57. The predicted molar refractivity (Wildman–Crippen MR) is 57.1 cm³/mol.